The lowest BCUT2D eigenvalue weighted by Gasteiger charge is -2.15. The van der Waals surface area contributed by atoms with E-state index in [1.165, 1.54) is 10.5 Å². The summed E-state index contributed by atoms with van der Waals surface area (Å²) in [5, 5.41) is 12.8. The zero-order valence-electron chi connectivity index (χ0n) is 10.5. The van der Waals surface area contributed by atoms with Crippen LogP contribution < -0.4 is 5.32 Å². The first-order valence-electron chi connectivity index (χ1n) is 5.82. The Hall–Kier alpha value is -0.0300. The van der Waals surface area contributed by atoms with Gasteiger partial charge in [0.2, 0.25) is 0 Å². The number of aliphatic hydroxyl groups excluding tert-OH is 1. The van der Waals surface area contributed by atoms with Crippen LogP contribution in [0, 0.1) is 0 Å². The molecule has 0 spiro atoms. The minimum atomic E-state index is 0.206. The molecule has 1 atom stereocenters. The quantitative estimate of drug-likeness (QED) is 0.788. The number of hydrogen-bond acceptors (Lipinski definition) is 3. The summed E-state index contributed by atoms with van der Waals surface area (Å²) in [5.41, 5.74) is 1.28. The molecule has 0 aliphatic rings. The summed E-state index contributed by atoms with van der Waals surface area (Å²) in [7, 11) is 0. The second-order valence-corrected chi connectivity index (χ2v) is 6.79. The zero-order valence-corrected chi connectivity index (χ0v) is 12.9. The van der Waals surface area contributed by atoms with Gasteiger partial charge in [-0.3, -0.25) is 0 Å². The summed E-state index contributed by atoms with van der Waals surface area (Å²) in [6.07, 6.45) is 0. The number of benzene rings is 1. The van der Waals surface area contributed by atoms with Crippen LogP contribution in [0.2, 0.25) is 0 Å². The van der Waals surface area contributed by atoms with E-state index < -0.39 is 0 Å². The van der Waals surface area contributed by atoms with Crippen molar-refractivity contribution in [1.82, 2.24) is 5.32 Å². The second kappa shape index (κ2) is 7.41. The number of rotatable bonds is 6. The van der Waals surface area contributed by atoms with Gasteiger partial charge in [-0.2, -0.15) is 0 Å². The van der Waals surface area contributed by atoms with Gasteiger partial charge in [0, 0.05) is 27.2 Å². The van der Waals surface area contributed by atoms with Crippen LogP contribution in [0.5, 0.6) is 0 Å². The van der Waals surface area contributed by atoms with Crippen molar-refractivity contribution in [2.24, 2.45) is 0 Å². The second-order valence-electron chi connectivity index (χ2n) is 4.40. The normalized spacial score (nSPS) is 13.1. The fourth-order valence-electron chi connectivity index (χ4n) is 1.37. The predicted molar refractivity (Wildman–Crippen MR) is 78.5 cm³/mol. The van der Waals surface area contributed by atoms with E-state index in [9.17, 15) is 0 Å². The molecular formula is C13H20BrNOS. The largest absolute Gasteiger partial charge is 0.395 e. The van der Waals surface area contributed by atoms with E-state index in [0.717, 1.165) is 11.0 Å². The first-order chi connectivity index (χ1) is 8.02. The van der Waals surface area contributed by atoms with E-state index in [-0.39, 0.29) is 11.9 Å². The molecular weight excluding hydrogens is 298 g/mol. The zero-order chi connectivity index (χ0) is 12.8. The van der Waals surface area contributed by atoms with E-state index in [1.54, 1.807) is 11.8 Å². The van der Waals surface area contributed by atoms with Gasteiger partial charge >= 0.3 is 0 Å². The van der Waals surface area contributed by atoms with Gasteiger partial charge < -0.3 is 10.4 Å². The Morgan fingerprint density at radius 3 is 2.65 bits per heavy atom. The summed E-state index contributed by atoms with van der Waals surface area (Å²) < 4.78 is 1.10. The maximum Gasteiger partial charge on any atom is 0.0550 e. The third-order valence-electron chi connectivity index (χ3n) is 2.31. The van der Waals surface area contributed by atoms with Crippen molar-refractivity contribution in [3.8, 4) is 0 Å². The van der Waals surface area contributed by atoms with Crippen molar-refractivity contribution < 1.29 is 5.11 Å². The van der Waals surface area contributed by atoms with E-state index >= 15 is 0 Å². The maximum atomic E-state index is 9.11. The molecule has 17 heavy (non-hydrogen) atoms. The van der Waals surface area contributed by atoms with Crippen LogP contribution >= 0.6 is 27.7 Å². The minimum absolute atomic E-state index is 0.206. The summed E-state index contributed by atoms with van der Waals surface area (Å²) in [6.45, 7) is 7.38. The highest BCUT2D eigenvalue weighted by atomic mass is 79.9. The third kappa shape index (κ3) is 5.42. The molecule has 96 valence electrons. The number of thioether (sulfide) groups is 1. The highest BCUT2D eigenvalue weighted by molar-refractivity contribution is 9.10. The smallest absolute Gasteiger partial charge is 0.0550 e. The highest BCUT2D eigenvalue weighted by Crippen LogP contribution is 2.29. The predicted octanol–water partition coefficient (Wildman–Crippen LogP) is 3.42. The first kappa shape index (κ1) is 15.0. The van der Waals surface area contributed by atoms with E-state index in [1.807, 2.05) is 13.0 Å². The van der Waals surface area contributed by atoms with Gasteiger partial charge in [-0.05, 0) is 23.8 Å². The van der Waals surface area contributed by atoms with Gasteiger partial charge in [0.15, 0.2) is 0 Å². The van der Waals surface area contributed by atoms with Gasteiger partial charge in [-0.1, -0.05) is 36.7 Å². The fraction of sp³-hybridized carbons (Fsp3) is 0.538. The molecule has 0 saturated carbocycles. The summed E-state index contributed by atoms with van der Waals surface area (Å²) in [5.74, 6) is 0. The van der Waals surface area contributed by atoms with Crippen LogP contribution in [0.25, 0.3) is 0 Å². The van der Waals surface area contributed by atoms with Crippen molar-refractivity contribution in [2.75, 3.05) is 6.61 Å². The van der Waals surface area contributed by atoms with Crippen molar-refractivity contribution in [1.29, 1.82) is 0 Å². The lowest BCUT2D eigenvalue weighted by atomic mass is 10.2. The van der Waals surface area contributed by atoms with Crippen LogP contribution in [-0.2, 0) is 6.54 Å². The Kier molecular flexibility index (Phi) is 6.55. The van der Waals surface area contributed by atoms with Crippen LogP contribution in [-0.4, -0.2) is 23.0 Å². The standard InChI is InChI=1S/C13H20BrNOS/c1-9(2)15-7-11-6-12(14)4-5-13(11)17-10(3)8-16/h4-6,9-10,15-16H,7-8H2,1-3H3. The van der Waals surface area contributed by atoms with E-state index in [4.69, 9.17) is 5.11 Å². The molecule has 0 saturated heterocycles. The number of hydrogen-bond donors (Lipinski definition) is 2. The molecule has 0 radical (unpaired) electrons. The van der Waals surface area contributed by atoms with Gasteiger partial charge in [0.25, 0.3) is 0 Å². The maximum absolute atomic E-state index is 9.11. The first-order valence-corrected chi connectivity index (χ1v) is 7.49. The minimum Gasteiger partial charge on any atom is -0.395 e. The van der Waals surface area contributed by atoms with Crippen molar-refractivity contribution in [2.45, 2.75) is 43.5 Å². The summed E-state index contributed by atoms with van der Waals surface area (Å²) in [4.78, 5) is 1.24. The van der Waals surface area contributed by atoms with Gasteiger partial charge in [0.05, 0.1) is 6.61 Å². The molecule has 2 nitrogen and oxygen atoms in total. The molecule has 0 amide bonds. The Bertz CT molecular complexity index is 357. The monoisotopic (exact) mass is 317 g/mol. The molecule has 2 N–H and O–H groups in total. The molecule has 1 unspecified atom stereocenters. The molecule has 0 aromatic heterocycles. The molecule has 0 aliphatic heterocycles. The van der Waals surface area contributed by atoms with Crippen LogP contribution in [0.3, 0.4) is 0 Å². The Morgan fingerprint density at radius 1 is 1.35 bits per heavy atom. The Labute approximate surface area is 116 Å². The van der Waals surface area contributed by atoms with Gasteiger partial charge in [0.1, 0.15) is 0 Å². The lowest BCUT2D eigenvalue weighted by Crippen LogP contribution is -2.22. The molecule has 1 aromatic carbocycles. The van der Waals surface area contributed by atoms with E-state index in [0.29, 0.717) is 6.04 Å². The Morgan fingerprint density at radius 2 is 2.06 bits per heavy atom. The van der Waals surface area contributed by atoms with Crippen LogP contribution in [0.4, 0.5) is 0 Å². The van der Waals surface area contributed by atoms with Gasteiger partial charge in [-0.25, -0.2) is 0 Å². The molecule has 0 bridgehead atoms. The van der Waals surface area contributed by atoms with Crippen LogP contribution in [0.15, 0.2) is 27.6 Å². The molecule has 1 rings (SSSR count). The summed E-state index contributed by atoms with van der Waals surface area (Å²) in [6, 6.07) is 6.77. The van der Waals surface area contributed by atoms with Crippen LogP contribution in [0.1, 0.15) is 26.3 Å². The number of aliphatic hydroxyl groups is 1. The summed E-state index contributed by atoms with van der Waals surface area (Å²) >= 11 is 5.22. The average molecular weight is 318 g/mol. The number of nitrogens with one attached hydrogen (secondary N) is 1. The van der Waals surface area contributed by atoms with E-state index in [2.05, 4.69) is 47.2 Å². The number of halogens is 1. The molecule has 0 heterocycles. The van der Waals surface area contributed by atoms with Crippen molar-refractivity contribution in [3.63, 3.8) is 0 Å². The molecule has 0 fully saturated rings. The lowest BCUT2D eigenvalue weighted by molar-refractivity contribution is 0.300. The highest BCUT2D eigenvalue weighted by Gasteiger charge is 2.08. The van der Waals surface area contributed by atoms with Gasteiger partial charge in [-0.15, -0.1) is 11.8 Å². The third-order valence-corrected chi connectivity index (χ3v) is 4.01. The van der Waals surface area contributed by atoms with Crippen molar-refractivity contribution >= 4 is 27.7 Å². The Balaban J connectivity index is 2.79. The van der Waals surface area contributed by atoms with Crippen molar-refractivity contribution in [3.05, 3.63) is 28.2 Å². The average Bonchev–Trinajstić information content (AvgIpc) is 2.29. The molecule has 4 heteroatoms. The SMILES string of the molecule is CC(C)NCc1cc(Br)ccc1SC(C)CO. The molecule has 0 aliphatic carbocycles. The molecule has 1 aromatic rings. The fourth-order valence-corrected chi connectivity index (χ4v) is 2.71. The topological polar surface area (TPSA) is 32.3 Å².